The number of aliphatic hydroxyl groups excluding tert-OH is 1. The van der Waals surface area contributed by atoms with Crippen molar-refractivity contribution < 1.29 is 13.5 Å². The van der Waals surface area contributed by atoms with Crippen molar-refractivity contribution in [3.63, 3.8) is 0 Å². The molecule has 1 heterocycles. The third-order valence-corrected chi connectivity index (χ3v) is 5.65. The summed E-state index contributed by atoms with van der Waals surface area (Å²) in [5, 5.41) is 9.26. The average Bonchev–Trinajstić information content (AvgIpc) is 2.85. The minimum absolute atomic E-state index is 0.0244. The van der Waals surface area contributed by atoms with E-state index >= 15 is 0 Å². The summed E-state index contributed by atoms with van der Waals surface area (Å²) in [6.07, 6.45) is 5.84. The molecule has 1 aliphatic carbocycles. The van der Waals surface area contributed by atoms with E-state index in [0.29, 0.717) is 18.2 Å². The summed E-state index contributed by atoms with van der Waals surface area (Å²) in [6.45, 7) is 4.52. The van der Waals surface area contributed by atoms with Crippen LogP contribution < -0.4 is 4.72 Å². The van der Waals surface area contributed by atoms with Gasteiger partial charge in [0.1, 0.15) is 0 Å². The van der Waals surface area contributed by atoms with E-state index < -0.39 is 10.0 Å². The maximum atomic E-state index is 12.4. The van der Waals surface area contributed by atoms with Gasteiger partial charge in [-0.3, -0.25) is 0 Å². The molecule has 0 saturated heterocycles. The Labute approximate surface area is 121 Å². The van der Waals surface area contributed by atoms with Crippen LogP contribution in [0.1, 0.15) is 45.2 Å². The molecular weight excluding hydrogens is 276 g/mol. The van der Waals surface area contributed by atoms with Crippen molar-refractivity contribution in [1.82, 2.24) is 9.29 Å². The number of aromatic nitrogens is 1. The Kier molecular flexibility index (Phi) is 4.88. The minimum atomic E-state index is -3.50. The van der Waals surface area contributed by atoms with Crippen LogP contribution in [0.2, 0.25) is 0 Å². The molecule has 0 aromatic carbocycles. The number of hydrogen-bond donors (Lipinski definition) is 2. The van der Waals surface area contributed by atoms with Crippen molar-refractivity contribution in [2.45, 2.75) is 63.6 Å². The minimum Gasteiger partial charge on any atom is -0.390 e. The first-order chi connectivity index (χ1) is 9.47. The number of nitrogens with one attached hydrogen (secondary N) is 1. The Morgan fingerprint density at radius 1 is 1.40 bits per heavy atom. The van der Waals surface area contributed by atoms with Crippen LogP contribution in [0.15, 0.2) is 17.2 Å². The lowest BCUT2D eigenvalue weighted by Gasteiger charge is -2.29. The van der Waals surface area contributed by atoms with Gasteiger partial charge in [0.25, 0.3) is 0 Å². The van der Waals surface area contributed by atoms with E-state index in [1.54, 1.807) is 16.8 Å². The summed E-state index contributed by atoms with van der Waals surface area (Å²) >= 11 is 0. The van der Waals surface area contributed by atoms with Gasteiger partial charge in [0.05, 0.1) is 11.5 Å². The zero-order chi connectivity index (χ0) is 14.8. The quantitative estimate of drug-likeness (QED) is 0.872. The van der Waals surface area contributed by atoms with E-state index in [0.717, 1.165) is 19.3 Å². The number of hydrogen-bond acceptors (Lipinski definition) is 3. The van der Waals surface area contributed by atoms with Gasteiger partial charge in [-0.2, -0.15) is 0 Å². The van der Waals surface area contributed by atoms with Gasteiger partial charge in [-0.15, -0.1) is 0 Å². The SMILES string of the molecule is CCn1cc(S(=O)(=O)NC2CCCCC2C)cc1CO. The molecule has 2 rings (SSSR count). The molecule has 1 fully saturated rings. The second-order valence-corrected chi connectivity index (χ2v) is 7.31. The van der Waals surface area contributed by atoms with Crippen molar-refractivity contribution in [2.24, 2.45) is 5.92 Å². The molecule has 6 heteroatoms. The zero-order valence-electron chi connectivity index (χ0n) is 12.2. The molecule has 114 valence electrons. The number of nitrogens with zero attached hydrogens (tertiary/aromatic N) is 1. The average molecular weight is 300 g/mol. The molecule has 0 amide bonds. The van der Waals surface area contributed by atoms with Crippen LogP contribution in [-0.4, -0.2) is 24.1 Å². The van der Waals surface area contributed by atoms with Crippen LogP contribution in [0, 0.1) is 5.92 Å². The summed E-state index contributed by atoms with van der Waals surface area (Å²) in [7, 11) is -3.50. The van der Waals surface area contributed by atoms with E-state index in [2.05, 4.69) is 11.6 Å². The van der Waals surface area contributed by atoms with E-state index in [-0.39, 0.29) is 17.5 Å². The van der Waals surface area contributed by atoms with Crippen LogP contribution in [0.5, 0.6) is 0 Å². The first-order valence-corrected chi connectivity index (χ1v) is 8.78. The molecule has 0 bridgehead atoms. The Morgan fingerprint density at radius 2 is 2.10 bits per heavy atom. The highest BCUT2D eigenvalue weighted by Gasteiger charge is 2.27. The van der Waals surface area contributed by atoms with Gasteiger partial charge in [0.2, 0.25) is 10.0 Å². The maximum Gasteiger partial charge on any atom is 0.242 e. The topological polar surface area (TPSA) is 71.3 Å². The fourth-order valence-electron chi connectivity index (χ4n) is 2.86. The van der Waals surface area contributed by atoms with E-state index in [4.69, 9.17) is 0 Å². The highest BCUT2D eigenvalue weighted by molar-refractivity contribution is 7.89. The number of aryl methyl sites for hydroxylation is 1. The van der Waals surface area contributed by atoms with Crippen molar-refractivity contribution in [3.05, 3.63) is 18.0 Å². The Hall–Kier alpha value is -0.850. The number of sulfonamides is 1. The lowest BCUT2D eigenvalue weighted by molar-refractivity contribution is 0.271. The summed E-state index contributed by atoms with van der Waals surface area (Å²) in [4.78, 5) is 0.251. The highest BCUT2D eigenvalue weighted by Crippen LogP contribution is 2.25. The van der Waals surface area contributed by atoms with Crippen LogP contribution >= 0.6 is 0 Å². The van der Waals surface area contributed by atoms with Gasteiger partial charge in [0.15, 0.2) is 0 Å². The number of aliphatic hydroxyl groups is 1. The third-order valence-electron chi connectivity index (χ3n) is 4.19. The van der Waals surface area contributed by atoms with E-state index in [9.17, 15) is 13.5 Å². The summed E-state index contributed by atoms with van der Waals surface area (Å²) < 4.78 is 29.5. The van der Waals surface area contributed by atoms with E-state index in [1.807, 2.05) is 6.92 Å². The predicted molar refractivity (Wildman–Crippen MR) is 77.8 cm³/mol. The fraction of sp³-hybridized carbons (Fsp3) is 0.714. The zero-order valence-corrected chi connectivity index (χ0v) is 13.0. The van der Waals surface area contributed by atoms with Gasteiger partial charge in [-0.05, 0) is 31.7 Å². The summed E-state index contributed by atoms with van der Waals surface area (Å²) in [5.41, 5.74) is 0.629. The molecule has 2 atom stereocenters. The van der Waals surface area contributed by atoms with Crippen molar-refractivity contribution in [1.29, 1.82) is 0 Å². The van der Waals surface area contributed by atoms with Gasteiger partial charge >= 0.3 is 0 Å². The van der Waals surface area contributed by atoms with Gasteiger partial charge in [0, 0.05) is 24.5 Å². The summed E-state index contributed by atoms with van der Waals surface area (Å²) in [5.74, 6) is 0.379. The van der Waals surface area contributed by atoms with Gasteiger partial charge in [-0.1, -0.05) is 19.8 Å². The van der Waals surface area contributed by atoms with Crippen LogP contribution in [0.4, 0.5) is 0 Å². The van der Waals surface area contributed by atoms with Gasteiger partial charge < -0.3 is 9.67 Å². The molecule has 0 spiro atoms. The first kappa shape index (κ1) is 15.5. The smallest absolute Gasteiger partial charge is 0.242 e. The Morgan fingerprint density at radius 3 is 2.65 bits per heavy atom. The van der Waals surface area contributed by atoms with Crippen molar-refractivity contribution in [2.75, 3.05) is 0 Å². The molecule has 0 aliphatic heterocycles. The second-order valence-electron chi connectivity index (χ2n) is 5.60. The lowest BCUT2D eigenvalue weighted by Crippen LogP contribution is -2.40. The molecule has 2 N–H and O–H groups in total. The molecule has 1 aromatic rings. The predicted octanol–water partition coefficient (Wildman–Crippen LogP) is 1.86. The van der Waals surface area contributed by atoms with Crippen LogP contribution in [0.25, 0.3) is 0 Å². The monoisotopic (exact) mass is 300 g/mol. The second kappa shape index (κ2) is 6.28. The van der Waals surface area contributed by atoms with Crippen LogP contribution in [-0.2, 0) is 23.2 Å². The molecule has 2 unspecified atom stereocenters. The Balaban J connectivity index is 2.19. The third kappa shape index (κ3) is 3.24. The van der Waals surface area contributed by atoms with Crippen molar-refractivity contribution in [3.8, 4) is 0 Å². The first-order valence-electron chi connectivity index (χ1n) is 7.30. The van der Waals surface area contributed by atoms with Crippen molar-refractivity contribution >= 4 is 10.0 Å². The molecule has 20 heavy (non-hydrogen) atoms. The highest BCUT2D eigenvalue weighted by atomic mass is 32.2. The molecular formula is C14H24N2O3S. The van der Waals surface area contributed by atoms with Crippen LogP contribution in [0.3, 0.4) is 0 Å². The molecule has 1 saturated carbocycles. The lowest BCUT2D eigenvalue weighted by atomic mass is 9.87. The standard InChI is InChI=1S/C14H24N2O3S/c1-3-16-9-13(8-12(16)10-17)20(18,19)15-14-7-5-4-6-11(14)2/h8-9,11,14-15,17H,3-7,10H2,1-2H3. The molecule has 1 aromatic heterocycles. The fourth-order valence-corrected chi connectivity index (χ4v) is 4.30. The van der Waals surface area contributed by atoms with Gasteiger partial charge in [-0.25, -0.2) is 13.1 Å². The molecule has 0 radical (unpaired) electrons. The molecule has 5 nitrogen and oxygen atoms in total. The maximum absolute atomic E-state index is 12.4. The largest absolute Gasteiger partial charge is 0.390 e. The molecule has 1 aliphatic rings. The number of rotatable bonds is 5. The normalized spacial score (nSPS) is 23.9. The van der Waals surface area contributed by atoms with E-state index in [1.165, 1.54) is 6.42 Å². The summed E-state index contributed by atoms with van der Waals surface area (Å²) in [6, 6.07) is 1.58. The Bertz CT molecular complexity index is 529.